The van der Waals surface area contributed by atoms with Crippen LogP contribution in [-0.4, -0.2) is 18.2 Å². The van der Waals surface area contributed by atoms with Crippen LogP contribution >= 0.6 is 0 Å². The van der Waals surface area contributed by atoms with E-state index in [2.05, 4.69) is 26.0 Å². The van der Waals surface area contributed by atoms with E-state index in [0.29, 0.717) is 30.1 Å². The first-order chi connectivity index (χ1) is 14.8. The van der Waals surface area contributed by atoms with Crippen molar-refractivity contribution in [3.05, 3.63) is 59.2 Å². The van der Waals surface area contributed by atoms with Gasteiger partial charge >= 0.3 is 0 Å². The van der Waals surface area contributed by atoms with Gasteiger partial charge in [-0.25, -0.2) is 0 Å². The van der Waals surface area contributed by atoms with Crippen LogP contribution in [0.5, 0.6) is 5.75 Å². The zero-order valence-corrected chi connectivity index (χ0v) is 18.8. The Morgan fingerprint density at radius 2 is 1.87 bits per heavy atom. The lowest BCUT2D eigenvalue weighted by molar-refractivity contribution is -0.129. The molecule has 0 N–H and O–H groups in total. The Bertz CT molecular complexity index is 1010. The van der Waals surface area contributed by atoms with E-state index >= 15 is 0 Å². The van der Waals surface area contributed by atoms with Crippen molar-refractivity contribution in [1.82, 2.24) is 0 Å². The molecule has 0 heterocycles. The minimum absolute atomic E-state index is 0.0250. The molecule has 5 rings (SSSR count). The lowest BCUT2D eigenvalue weighted by atomic mass is 9.48. The number of ether oxygens (including phenoxy) is 1. The molecule has 0 unspecified atom stereocenters. The van der Waals surface area contributed by atoms with Gasteiger partial charge in [0.2, 0.25) is 0 Å². The molecule has 0 bridgehead atoms. The van der Waals surface area contributed by atoms with Gasteiger partial charge in [0.05, 0.1) is 6.61 Å². The van der Waals surface area contributed by atoms with Crippen molar-refractivity contribution in [2.75, 3.05) is 6.61 Å². The van der Waals surface area contributed by atoms with Crippen LogP contribution in [0.4, 0.5) is 0 Å². The Labute approximate surface area is 185 Å². The summed E-state index contributed by atoms with van der Waals surface area (Å²) >= 11 is 0. The third kappa shape index (κ3) is 3.16. The summed E-state index contributed by atoms with van der Waals surface area (Å²) in [6.45, 7) is 7.16. The van der Waals surface area contributed by atoms with Crippen LogP contribution in [-0.2, 0) is 9.59 Å². The highest BCUT2D eigenvalue weighted by Gasteiger charge is 2.59. The van der Waals surface area contributed by atoms with Gasteiger partial charge in [0.15, 0.2) is 11.6 Å². The first kappa shape index (κ1) is 20.5. The second kappa shape index (κ2) is 7.32. The van der Waals surface area contributed by atoms with Crippen molar-refractivity contribution in [1.29, 1.82) is 0 Å². The number of benzene rings is 1. The number of carbonyl (C=O) groups excluding carboxylic acids is 2. The minimum atomic E-state index is -0.246. The summed E-state index contributed by atoms with van der Waals surface area (Å²) in [5, 5.41) is 0. The third-order valence-corrected chi connectivity index (χ3v) is 8.73. The predicted molar refractivity (Wildman–Crippen MR) is 123 cm³/mol. The molecule has 0 saturated heterocycles. The van der Waals surface area contributed by atoms with Crippen LogP contribution in [0, 0.1) is 28.6 Å². The van der Waals surface area contributed by atoms with Crippen LogP contribution in [0.25, 0.3) is 6.08 Å². The molecule has 1 aromatic carbocycles. The van der Waals surface area contributed by atoms with E-state index in [0.717, 1.165) is 49.0 Å². The van der Waals surface area contributed by atoms with Crippen molar-refractivity contribution in [2.45, 2.75) is 52.9 Å². The first-order valence-corrected chi connectivity index (χ1v) is 11.8. The largest absolute Gasteiger partial charge is 0.494 e. The maximum absolute atomic E-state index is 13.6. The zero-order chi connectivity index (χ0) is 21.8. The number of ketones is 2. The second-order valence-electron chi connectivity index (χ2n) is 10.3. The average molecular weight is 417 g/mol. The molecule has 0 spiro atoms. The number of hydrogen-bond donors (Lipinski definition) is 0. The van der Waals surface area contributed by atoms with E-state index in [-0.39, 0.29) is 16.6 Å². The molecule has 162 valence electrons. The molecule has 0 radical (unpaired) electrons. The molecule has 31 heavy (non-hydrogen) atoms. The monoisotopic (exact) mass is 416 g/mol. The standard InChI is InChI=1S/C28H32O3/c1-4-31-22-8-5-18(6-9-22)15-19-16-25-23-10-7-20-17-21(29)11-13-27(20,2)24(23)12-14-28(25,3)26(19)30/h5-6,8-9,11,13,15,17,23-25H,4,7,10,12,14,16H2,1-3H3/t23-,24+,25+,27+,28+/m1/s1. The maximum atomic E-state index is 13.6. The van der Waals surface area contributed by atoms with Crippen LogP contribution in [0.3, 0.4) is 0 Å². The molecule has 4 aliphatic rings. The van der Waals surface area contributed by atoms with Crippen molar-refractivity contribution < 1.29 is 14.3 Å². The fourth-order valence-corrected chi connectivity index (χ4v) is 7.03. The summed E-state index contributed by atoms with van der Waals surface area (Å²) in [4.78, 5) is 25.5. The van der Waals surface area contributed by atoms with Crippen molar-refractivity contribution >= 4 is 17.6 Å². The van der Waals surface area contributed by atoms with Gasteiger partial charge in [-0.2, -0.15) is 0 Å². The molecule has 0 amide bonds. The molecular weight excluding hydrogens is 384 g/mol. The predicted octanol–water partition coefficient (Wildman–Crippen LogP) is 5.96. The van der Waals surface area contributed by atoms with Gasteiger partial charge in [-0.1, -0.05) is 37.6 Å². The molecule has 3 nitrogen and oxygen atoms in total. The van der Waals surface area contributed by atoms with Gasteiger partial charge in [0.25, 0.3) is 0 Å². The Morgan fingerprint density at radius 3 is 2.61 bits per heavy atom. The molecular formula is C28H32O3. The normalized spacial score (nSPS) is 37.8. The fourth-order valence-electron chi connectivity index (χ4n) is 7.03. The fraction of sp³-hybridized carbons (Fsp3) is 0.500. The summed E-state index contributed by atoms with van der Waals surface area (Å²) in [6.07, 6.45) is 12.9. The van der Waals surface area contributed by atoms with Crippen molar-refractivity contribution in [3.8, 4) is 5.75 Å². The van der Waals surface area contributed by atoms with Crippen molar-refractivity contribution in [2.24, 2.45) is 28.6 Å². The summed E-state index contributed by atoms with van der Waals surface area (Å²) in [6, 6.07) is 8.04. The Balaban J connectivity index is 1.43. The minimum Gasteiger partial charge on any atom is -0.494 e. The van der Waals surface area contributed by atoms with E-state index in [1.54, 1.807) is 6.08 Å². The van der Waals surface area contributed by atoms with E-state index in [9.17, 15) is 9.59 Å². The second-order valence-corrected chi connectivity index (χ2v) is 10.3. The number of allylic oxidation sites excluding steroid dienone is 5. The average Bonchev–Trinajstić information content (AvgIpc) is 3.01. The lowest BCUT2D eigenvalue weighted by Crippen LogP contribution is -2.49. The van der Waals surface area contributed by atoms with Gasteiger partial charge in [-0.3, -0.25) is 9.59 Å². The smallest absolute Gasteiger partial charge is 0.178 e. The lowest BCUT2D eigenvalue weighted by Gasteiger charge is -2.55. The highest BCUT2D eigenvalue weighted by Crippen LogP contribution is 2.64. The summed E-state index contributed by atoms with van der Waals surface area (Å²) in [5.74, 6) is 2.80. The quantitative estimate of drug-likeness (QED) is 0.571. The molecule has 5 atom stereocenters. The van der Waals surface area contributed by atoms with Crippen LogP contribution in [0.15, 0.2) is 53.6 Å². The van der Waals surface area contributed by atoms with Gasteiger partial charge in [-0.15, -0.1) is 0 Å². The van der Waals surface area contributed by atoms with Crippen LogP contribution < -0.4 is 4.74 Å². The SMILES string of the molecule is CCOc1ccc(C=C2C[C@H]3[C@@H]4CCC5=CC(=O)C=C[C@]5(C)[C@H]4CC[C@]3(C)C2=O)cc1. The molecule has 3 saturated carbocycles. The first-order valence-electron chi connectivity index (χ1n) is 11.8. The third-order valence-electron chi connectivity index (χ3n) is 8.73. The number of rotatable bonds is 3. The Morgan fingerprint density at radius 1 is 1.10 bits per heavy atom. The van der Waals surface area contributed by atoms with E-state index in [1.165, 1.54) is 5.57 Å². The van der Waals surface area contributed by atoms with E-state index in [4.69, 9.17) is 4.74 Å². The van der Waals surface area contributed by atoms with Gasteiger partial charge < -0.3 is 4.74 Å². The van der Waals surface area contributed by atoms with Crippen LogP contribution in [0.1, 0.15) is 58.4 Å². The Kier molecular flexibility index (Phi) is 4.84. The van der Waals surface area contributed by atoms with E-state index in [1.807, 2.05) is 37.3 Å². The topological polar surface area (TPSA) is 43.4 Å². The molecule has 0 aromatic heterocycles. The summed E-state index contributed by atoms with van der Waals surface area (Å²) < 4.78 is 5.54. The molecule has 0 aliphatic heterocycles. The Hall–Kier alpha value is -2.42. The zero-order valence-electron chi connectivity index (χ0n) is 18.8. The molecule has 4 aliphatic carbocycles. The molecule has 3 fully saturated rings. The molecule has 1 aromatic rings. The highest BCUT2D eigenvalue weighted by atomic mass is 16.5. The van der Waals surface area contributed by atoms with Gasteiger partial charge in [0.1, 0.15) is 5.75 Å². The number of hydrogen-bond acceptors (Lipinski definition) is 3. The summed E-state index contributed by atoms with van der Waals surface area (Å²) in [5.41, 5.74) is 3.09. The number of carbonyl (C=O) groups is 2. The molecule has 3 heteroatoms. The van der Waals surface area contributed by atoms with Crippen LogP contribution in [0.2, 0.25) is 0 Å². The van der Waals surface area contributed by atoms with Gasteiger partial charge in [0, 0.05) is 10.8 Å². The van der Waals surface area contributed by atoms with Gasteiger partial charge in [-0.05, 0) is 98.3 Å². The van der Waals surface area contributed by atoms with Crippen molar-refractivity contribution in [3.63, 3.8) is 0 Å². The maximum Gasteiger partial charge on any atom is 0.178 e. The summed E-state index contributed by atoms with van der Waals surface area (Å²) in [7, 11) is 0. The van der Waals surface area contributed by atoms with E-state index < -0.39 is 0 Å². The number of fused-ring (bicyclic) bond motifs is 5. The number of Topliss-reactive ketones (excluding diaryl/α,β-unsaturated/α-hetero) is 1. The highest BCUT2D eigenvalue weighted by molar-refractivity contribution is 6.06.